The van der Waals surface area contributed by atoms with Crippen molar-refractivity contribution in [3.63, 3.8) is 0 Å². The molecule has 0 aromatic heterocycles. The van der Waals surface area contributed by atoms with E-state index in [1.807, 2.05) is 24.3 Å². The van der Waals surface area contributed by atoms with Crippen molar-refractivity contribution in [2.24, 2.45) is 0 Å². The normalized spacial score (nSPS) is 14.9. The summed E-state index contributed by atoms with van der Waals surface area (Å²) in [6.07, 6.45) is 5.24. The van der Waals surface area contributed by atoms with Crippen molar-refractivity contribution in [3.8, 4) is 5.75 Å². The number of amides is 1. The predicted molar refractivity (Wildman–Crippen MR) is 116 cm³/mol. The predicted octanol–water partition coefficient (Wildman–Crippen LogP) is 3.64. The van der Waals surface area contributed by atoms with E-state index in [1.54, 1.807) is 18.2 Å². The molecule has 160 valence electrons. The van der Waals surface area contributed by atoms with Gasteiger partial charge in [-0.05, 0) is 61.4 Å². The van der Waals surface area contributed by atoms with Crippen LogP contribution < -0.4 is 10.1 Å². The molecule has 2 aromatic carbocycles. The Labute approximate surface area is 177 Å². The number of benzene rings is 2. The van der Waals surface area contributed by atoms with Crippen LogP contribution in [0.4, 0.5) is 4.39 Å². The highest BCUT2D eigenvalue weighted by Gasteiger charge is 2.17. The number of ether oxygens (including phenoxy) is 2. The van der Waals surface area contributed by atoms with Gasteiger partial charge in [0.25, 0.3) is 0 Å². The van der Waals surface area contributed by atoms with E-state index in [9.17, 15) is 9.18 Å². The molecule has 0 bridgehead atoms. The average Bonchev–Trinajstić information content (AvgIpc) is 2.78. The fourth-order valence-electron chi connectivity index (χ4n) is 3.36. The number of carbonyl (C=O) groups excluding carboxylic acids is 1. The molecule has 5 nitrogen and oxygen atoms in total. The molecular weight excluding hydrogens is 383 g/mol. The zero-order valence-corrected chi connectivity index (χ0v) is 17.4. The van der Waals surface area contributed by atoms with Crippen molar-refractivity contribution in [2.75, 3.05) is 33.4 Å². The Kier molecular flexibility index (Phi) is 8.41. The van der Waals surface area contributed by atoms with Crippen LogP contribution in [-0.2, 0) is 16.1 Å². The first-order chi connectivity index (χ1) is 14.6. The van der Waals surface area contributed by atoms with Crippen LogP contribution >= 0.6 is 0 Å². The van der Waals surface area contributed by atoms with Crippen LogP contribution in [0.15, 0.2) is 54.6 Å². The number of hydrogen-bond donors (Lipinski definition) is 1. The van der Waals surface area contributed by atoms with Crippen LogP contribution in [-0.4, -0.2) is 50.3 Å². The third kappa shape index (κ3) is 7.28. The smallest absolute Gasteiger partial charge is 0.244 e. The summed E-state index contributed by atoms with van der Waals surface area (Å²) in [6, 6.07) is 14.3. The summed E-state index contributed by atoms with van der Waals surface area (Å²) in [6.45, 7) is 3.56. The van der Waals surface area contributed by atoms with Gasteiger partial charge in [0.1, 0.15) is 18.2 Å². The molecule has 0 aliphatic carbocycles. The summed E-state index contributed by atoms with van der Waals surface area (Å²) in [7, 11) is 2.13. The molecule has 1 heterocycles. The minimum absolute atomic E-state index is 0.205. The summed E-state index contributed by atoms with van der Waals surface area (Å²) in [5.74, 6) is 0.293. The Morgan fingerprint density at radius 3 is 2.77 bits per heavy atom. The zero-order valence-electron chi connectivity index (χ0n) is 17.4. The lowest BCUT2D eigenvalue weighted by atomic mass is 10.1. The zero-order chi connectivity index (χ0) is 21.2. The van der Waals surface area contributed by atoms with E-state index in [2.05, 4.69) is 17.3 Å². The second kappa shape index (κ2) is 11.5. The highest BCUT2D eigenvalue weighted by molar-refractivity contribution is 5.91. The Balaban J connectivity index is 1.41. The first-order valence-electron chi connectivity index (χ1n) is 10.3. The monoisotopic (exact) mass is 412 g/mol. The van der Waals surface area contributed by atoms with E-state index in [1.165, 1.54) is 18.2 Å². The molecule has 0 radical (unpaired) electrons. The number of rotatable bonds is 9. The van der Waals surface area contributed by atoms with Crippen LogP contribution in [0.25, 0.3) is 6.08 Å². The topological polar surface area (TPSA) is 50.8 Å². The number of likely N-dealkylation sites (N-methyl/N-ethyl adjacent to an activating group) is 1. The summed E-state index contributed by atoms with van der Waals surface area (Å²) in [5, 5.41) is 2.85. The van der Waals surface area contributed by atoms with E-state index in [4.69, 9.17) is 9.47 Å². The van der Waals surface area contributed by atoms with Gasteiger partial charge in [0.05, 0.1) is 0 Å². The number of halogens is 1. The van der Waals surface area contributed by atoms with Gasteiger partial charge in [-0.3, -0.25) is 9.69 Å². The molecule has 1 aliphatic rings. The number of nitrogens with zero attached hydrogens (tertiary/aromatic N) is 1. The van der Waals surface area contributed by atoms with Gasteiger partial charge >= 0.3 is 0 Å². The van der Waals surface area contributed by atoms with Crippen molar-refractivity contribution in [3.05, 3.63) is 71.6 Å². The highest BCUT2D eigenvalue weighted by Crippen LogP contribution is 2.15. The Morgan fingerprint density at radius 1 is 1.23 bits per heavy atom. The molecule has 1 fully saturated rings. The molecule has 0 saturated carbocycles. The molecule has 1 aliphatic heterocycles. The van der Waals surface area contributed by atoms with E-state index in [0.29, 0.717) is 19.2 Å². The fraction of sp³-hybridized carbons (Fsp3) is 0.375. The van der Waals surface area contributed by atoms with Crippen molar-refractivity contribution in [1.82, 2.24) is 10.2 Å². The molecule has 2 aromatic rings. The van der Waals surface area contributed by atoms with Gasteiger partial charge in [-0.15, -0.1) is 0 Å². The van der Waals surface area contributed by atoms with E-state index in [-0.39, 0.29) is 11.7 Å². The quantitative estimate of drug-likeness (QED) is 0.639. The average molecular weight is 413 g/mol. The van der Waals surface area contributed by atoms with Gasteiger partial charge in [-0.2, -0.15) is 0 Å². The molecular formula is C24H29FN2O3. The second-order valence-electron chi connectivity index (χ2n) is 7.42. The van der Waals surface area contributed by atoms with Gasteiger partial charge in [0, 0.05) is 38.4 Å². The van der Waals surface area contributed by atoms with Gasteiger partial charge in [0.2, 0.25) is 5.91 Å². The maximum Gasteiger partial charge on any atom is 0.244 e. The SMILES string of the molecule is CN(CCOc1cccc(CNC(=O)/C=C/c2ccc(F)cc2)c1)C1CCOCC1. The van der Waals surface area contributed by atoms with Gasteiger partial charge < -0.3 is 14.8 Å². The molecule has 1 saturated heterocycles. The largest absolute Gasteiger partial charge is 0.492 e. The van der Waals surface area contributed by atoms with E-state index < -0.39 is 0 Å². The summed E-state index contributed by atoms with van der Waals surface area (Å²) in [4.78, 5) is 14.4. The van der Waals surface area contributed by atoms with Crippen molar-refractivity contribution >= 4 is 12.0 Å². The number of nitrogens with one attached hydrogen (secondary N) is 1. The van der Waals surface area contributed by atoms with Crippen molar-refractivity contribution in [1.29, 1.82) is 0 Å². The van der Waals surface area contributed by atoms with Gasteiger partial charge in [-0.1, -0.05) is 24.3 Å². The molecule has 0 spiro atoms. The van der Waals surface area contributed by atoms with Crippen LogP contribution in [0, 0.1) is 5.82 Å². The molecule has 0 atom stereocenters. The third-order valence-corrected chi connectivity index (χ3v) is 5.19. The van der Waals surface area contributed by atoms with Crippen molar-refractivity contribution in [2.45, 2.75) is 25.4 Å². The summed E-state index contributed by atoms with van der Waals surface area (Å²) >= 11 is 0. The molecule has 1 amide bonds. The minimum Gasteiger partial charge on any atom is -0.492 e. The van der Waals surface area contributed by atoms with Crippen LogP contribution in [0.3, 0.4) is 0 Å². The molecule has 6 heteroatoms. The van der Waals surface area contributed by atoms with Crippen LogP contribution in [0.1, 0.15) is 24.0 Å². The maximum absolute atomic E-state index is 12.9. The van der Waals surface area contributed by atoms with Crippen LogP contribution in [0.5, 0.6) is 5.75 Å². The Morgan fingerprint density at radius 2 is 2.00 bits per heavy atom. The highest BCUT2D eigenvalue weighted by atomic mass is 19.1. The maximum atomic E-state index is 12.9. The van der Waals surface area contributed by atoms with Gasteiger partial charge in [-0.25, -0.2) is 4.39 Å². The second-order valence-corrected chi connectivity index (χ2v) is 7.42. The molecule has 0 unspecified atom stereocenters. The van der Waals surface area contributed by atoms with Crippen molar-refractivity contribution < 1.29 is 18.7 Å². The van der Waals surface area contributed by atoms with E-state index >= 15 is 0 Å². The van der Waals surface area contributed by atoms with Crippen LogP contribution in [0.2, 0.25) is 0 Å². The first-order valence-corrected chi connectivity index (χ1v) is 10.3. The lowest BCUT2D eigenvalue weighted by Gasteiger charge is -2.31. The summed E-state index contributed by atoms with van der Waals surface area (Å²) in [5.41, 5.74) is 1.74. The van der Waals surface area contributed by atoms with Gasteiger partial charge in [0.15, 0.2) is 0 Å². The molecule has 3 rings (SSSR count). The number of hydrogen-bond acceptors (Lipinski definition) is 4. The third-order valence-electron chi connectivity index (χ3n) is 5.19. The summed E-state index contributed by atoms with van der Waals surface area (Å²) < 4.78 is 24.2. The molecule has 30 heavy (non-hydrogen) atoms. The minimum atomic E-state index is -0.297. The lowest BCUT2D eigenvalue weighted by molar-refractivity contribution is -0.116. The molecule has 1 N–H and O–H groups in total. The van der Waals surface area contributed by atoms with E-state index in [0.717, 1.165) is 49.5 Å². The fourth-order valence-corrected chi connectivity index (χ4v) is 3.36. The standard InChI is InChI=1S/C24H29FN2O3/c1-27(22-11-14-29-15-12-22)13-16-30-23-4-2-3-20(17-23)18-26-24(28)10-7-19-5-8-21(25)9-6-19/h2-10,17,22H,11-16,18H2,1H3,(H,26,28)/b10-7+. The Hall–Kier alpha value is -2.70. The lowest BCUT2D eigenvalue weighted by Crippen LogP contribution is -2.38. The number of carbonyl (C=O) groups is 1. The Bertz CT molecular complexity index is 833. The first kappa shape index (κ1) is 22.0.